The molecule has 6 unspecified atom stereocenters. The van der Waals surface area contributed by atoms with Crippen LogP contribution in [0.1, 0.15) is 98.8 Å². The molecule has 6 atom stereocenters. The Kier molecular flexibility index (Phi) is 6.93. The predicted octanol–water partition coefficient (Wildman–Crippen LogP) is 5.68. The third-order valence-electron chi connectivity index (χ3n) is 9.78. The summed E-state index contributed by atoms with van der Waals surface area (Å²) in [5, 5.41) is 30.4. The maximum absolute atomic E-state index is 10.2. The summed E-state index contributed by atoms with van der Waals surface area (Å²) >= 11 is 0. The smallest absolute Gasteiger partial charge is 0.164 e. The maximum atomic E-state index is 10.2. The third kappa shape index (κ3) is 4.08. The fourth-order valence-electron chi connectivity index (χ4n) is 7.75. The van der Waals surface area contributed by atoms with Crippen molar-refractivity contribution in [2.45, 2.75) is 105 Å². The van der Waals surface area contributed by atoms with E-state index in [1.165, 1.54) is 44.1 Å². The summed E-state index contributed by atoms with van der Waals surface area (Å²) in [6, 6.07) is 0. The number of aliphatic hydroxyl groups is 3. The summed E-state index contributed by atoms with van der Waals surface area (Å²) in [6.07, 6.45) is 13.7. The van der Waals surface area contributed by atoms with Gasteiger partial charge in [-0.1, -0.05) is 47.1 Å². The zero-order chi connectivity index (χ0) is 21.4. The first-order valence-electron chi connectivity index (χ1n) is 12.3. The van der Waals surface area contributed by atoms with Crippen LogP contribution >= 0.6 is 0 Å². The van der Waals surface area contributed by atoms with Gasteiger partial charge >= 0.3 is 0 Å². The van der Waals surface area contributed by atoms with Crippen LogP contribution in [-0.4, -0.2) is 27.7 Å². The number of allylic oxidation sites excluding steroid dienone is 1. The lowest BCUT2D eigenvalue weighted by atomic mass is 9.48. The molecule has 0 saturated heterocycles. The molecule has 168 valence electrons. The van der Waals surface area contributed by atoms with Gasteiger partial charge in [-0.15, -0.1) is 0 Å². The summed E-state index contributed by atoms with van der Waals surface area (Å²) in [6.45, 7) is 11.3. The Bertz CT molecular complexity index is 595. The molecule has 3 aliphatic rings. The molecule has 0 spiro atoms. The Labute approximate surface area is 179 Å². The average Bonchev–Trinajstić information content (AvgIpc) is 2.98. The van der Waals surface area contributed by atoms with E-state index in [9.17, 15) is 15.3 Å². The standard InChI is InChI=1S/C26H46O3/c1-6-14-24(4)20(17-27)9-11-21-22-12-10-19(25(22,5)16-13-23(21)24)8-7-15-26(28,29)18(2)3/h9,18-19,21-23,27-29H,6-8,10-17H2,1-5H3. The Morgan fingerprint density at radius 1 is 1.14 bits per heavy atom. The van der Waals surface area contributed by atoms with Gasteiger partial charge in [0, 0.05) is 12.3 Å². The zero-order valence-electron chi connectivity index (χ0n) is 19.6. The van der Waals surface area contributed by atoms with Crippen LogP contribution in [0.5, 0.6) is 0 Å². The SMILES string of the molecule is CCCC1(C)C(CO)=CCC2C1CCC1(C)C(CCCC(O)(O)C(C)C)CCC21. The van der Waals surface area contributed by atoms with Crippen LogP contribution in [0, 0.1) is 40.4 Å². The van der Waals surface area contributed by atoms with Crippen molar-refractivity contribution in [1.82, 2.24) is 0 Å². The van der Waals surface area contributed by atoms with E-state index in [4.69, 9.17) is 0 Å². The van der Waals surface area contributed by atoms with Crippen molar-refractivity contribution in [2.24, 2.45) is 40.4 Å². The van der Waals surface area contributed by atoms with Crippen LogP contribution in [0.3, 0.4) is 0 Å². The van der Waals surface area contributed by atoms with Crippen molar-refractivity contribution in [2.75, 3.05) is 6.61 Å². The zero-order valence-corrected chi connectivity index (χ0v) is 19.6. The van der Waals surface area contributed by atoms with Crippen LogP contribution in [0.2, 0.25) is 0 Å². The molecule has 3 aliphatic carbocycles. The fraction of sp³-hybridized carbons (Fsp3) is 0.923. The summed E-state index contributed by atoms with van der Waals surface area (Å²) in [7, 11) is 0. The van der Waals surface area contributed by atoms with Gasteiger partial charge in [0.15, 0.2) is 5.79 Å². The first-order chi connectivity index (χ1) is 13.6. The Balaban J connectivity index is 1.71. The second-order valence-electron chi connectivity index (χ2n) is 11.4. The van der Waals surface area contributed by atoms with Crippen molar-refractivity contribution < 1.29 is 15.3 Å². The van der Waals surface area contributed by atoms with Crippen LogP contribution < -0.4 is 0 Å². The van der Waals surface area contributed by atoms with Gasteiger partial charge in [-0.05, 0) is 91.4 Å². The number of hydrogen-bond donors (Lipinski definition) is 3. The lowest BCUT2D eigenvalue weighted by Crippen LogP contribution is -2.49. The van der Waals surface area contributed by atoms with E-state index in [1.54, 1.807) is 0 Å². The largest absolute Gasteiger partial charge is 0.392 e. The fourth-order valence-corrected chi connectivity index (χ4v) is 7.75. The molecule has 0 radical (unpaired) electrons. The molecular weight excluding hydrogens is 360 g/mol. The number of rotatable bonds is 8. The predicted molar refractivity (Wildman–Crippen MR) is 119 cm³/mol. The molecule has 2 fully saturated rings. The molecule has 0 aliphatic heterocycles. The molecule has 3 heteroatoms. The summed E-state index contributed by atoms with van der Waals surface area (Å²) in [5.41, 5.74) is 1.88. The molecular formula is C26H46O3. The van der Waals surface area contributed by atoms with E-state index in [2.05, 4.69) is 26.8 Å². The molecule has 29 heavy (non-hydrogen) atoms. The van der Waals surface area contributed by atoms with Crippen LogP contribution in [0.4, 0.5) is 0 Å². The van der Waals surface area contributed by atoms with Crippen LogP contribution in [0.25, 0.3) is 0 Å². The average molecular weight is 407 g/mol. The molecule has 0 aromatic carbocycles. The Morgan fingerprint density at radius 3 is 2.48 bits per heavy atom. The van der Waals surface area contributed by atoms with E-state index in [0.717, 1.165) is 42.9 Å². The molecule has 3 N–H and O–H groups in total. The molecule has 0 heterocycles. The van der Waals surface area contributed by atoms with Crippen molar-refractivity contribution >= 4 is 0 Å². The van der Waals surface area contributed by atoms with Gasteiger partial charge in [-0.25, -0.2) is 0 Å². The lowest BCUT2D eigenvalue weighted by Gasteiger charge is -2.56. The first-order valence-corrected chi connectivity index (χ1v) is 12.3. The van der Waals surface area contributed by atoms with Crippen molar-refractivity contribution in [3.8, 4) is 0 Å². The van der Waals surface area contributed by atoms with E-state index in [0.29, 0.717) is 11.8 Å². The van der Waals surface area contributed by atoms with E-state index in [-0.39, 0.29) is 17.9 Å². The van der Waals surface area contributed by atoms with Gasteiger partial charge in [0.2, 0.25) is 0 Å². The lowest BCUT2D eigenvalue weighted by molar-refractivity contribution is -0.197. The maximum Gasteiger partial charge on any atom is 0.164 e. The number of hydrogen-bond acceptors (Lipinski definition) is 3. The third-order valence-corrected chi connectivity index (χ3v) is 9.78. The molecule has 0 aromatic rings. The highest BCUT2D eigenvalue weighted by molar-refractivity contribution is 5.23. The minimum Gasteiger partial charge on any atom is -0.392 e. The van der Waals surface area contributed by atoms with Crippen molar-refractivity contribution in [3.63, 3.8) is 0 Å². The first kappa shape index (κ1) is 23.3. The highest BCUT2D eigenvalue weighted by atomic mass is 16.5. The van der Waals surface area contributed by atoms with Crippen molar-refractivity contribution in [3.05, 3.63) is 11.6 Å². The molecule has 2 saturated carbocycles. The minimum atomic E-state index is -1.52. The normalized spacial score (nSPS) is 40.0. The van der Waals surface area contributed by atoms with E-state index in [1.807, 2.05) is 13.8 Å². The van der Waals surface area contributed by atoms with Gasteiger partial charge in [0.1, 0.15) is 0 Å². The van der Waals surface area contributed by atoms with Crippen molar-refractivity contribution in [1.29, 1.82) is 0 Å². The van der Waals surface area contributed by atoms with E-state index >= 15 is 0 Å². The van der Waals surface area contributed by atoms with Crippen LogP contribution in [0.15, 0.2) is 11.6 Å². The van der Waals surface area contributed by atoms with Gasteiger partial charge in [0.05, 0.1) is 6.61 Å². The summed E-state index contributed by atoms with van der Waals surface area (Å²) < 4.78 is 0. The van der Waals surface area contributed by atoms with Crippen LogP contribution in [-0.2, 0) is 0 Å². The summed E-state index contributed by atoms with van der Waals surface area (Å²) in [5.74, 6) is 1.35. The number of aliphatic hydroxyl groups excluding tert-OH is 1. The number of fused-ring (bicyclic) bond motifs is 3. The molecule has 3 rings (SSSR count). The van der Waals surface area contributed by atoms with Gasteiger partial charge < -0.3 is 15.3 Å². The van der Waals surface area contributed by atoms with E-state index < -0.39 is 5.79 Å². The molecule has 0 bridgehead atoms. The van der Waals surface area contributed by atoms with Gasteiger partial charge in [-0.2, -0.15) is 0 Å². The molecule has 0 aromatic heterocycles. The quantitative estimate of drug-likeness (QED) is 0.359. The minimum absolute atomic E-state index is 0.115. The second kappa shape index (κ2) is 8.63. The van der Waals surface area contributed by atoms with Gasteiger partial charge in [0.25, 0.3) is 0 Å². The Morgan fingerprint density at radius 2 is 1.86 bits per heavy atom. The molecule has 0 amide bonds. The Hall–Kier alpha value is -0.380. The highest BCUT2D eigenvalue weighted by Crippen LogP contribution is 2.65. The van der Waals surface area contributed by atoms with Gasteiger partial charge in [-0.3, -0.25) is 0 Å². The monoisotopic (exact) mass is 406 g/mol. The highest BCUT2D eigenvalue weighted by Gasteiger charge is 2.57. The summed E-state index contributed by atoms with van der Waals surface area (Å²) in [4.78, 5) is 0. The molecule has 3 nitrogen and oxygen atoms in total. The second-order valence-corrected chi connectivity index (χ2v) is 11.4. The topological polar surface area (TPSA) is 60.7 Å².